The van der Waals surface area contributed by atoms with E-state index in [1.165, 1.54) is 27.6 Å². The number of rotatable bonds is 2. The topological polar surface area (TPSA) is 16.4 Å². The first-order valence-corrected chi connectivity index (χ1v) is 7.85. The number of furan rings is 1. The molecule has 114 valence electrons. The lowest BCUT2D eigenvalue weighted by Crippen LogP contribution is -2.09. The summed E-state index contributed by atoms with van der Waals surface area (Å²) in [5.41, 5.74) is 6.74. The summed E-state index contributed by atoms with van der Waals surface area (Å²) in [6.45, 7) is 4.23. The summed E-state index contributed by atoms with van der Waals surface area (Å²) in [5.74, 6) is 0. The molecule has 0 atom stereocenters. The van der Waals surface area contributed by atoms with Crippen molar-refractivity contribution >= 4 is 33.3 Å². The minimum atomic E-state index is 0.937. The first-order chi connectivity index (χ1) is 11.1. The van der Waals surface area contributed by atoms with E-state index in [1.54, 1.807) is 0 Å². The van der Waals surface area contributed by atoms with Crippen LogP contribution in [0.5, 0.6) is 0 Å². The second-order valence-corrected chi connectivity index (χ2v) is 6.18. The fourth-order valence-electron chi connectivity index (χ4n) is 3.07. The van der Waals surface area contributed by atoms with Gasteiger partial charge in [-0.25, -0.2) is 0 Å². The van der Waals surface area contributed by atoms with E-state index in [-0.39, 0.29) is 0 Å². The Balaban J connectivity index is 1.87. The molecule has 3 aromatic carbocycles. The van der Waals surface area contributed by atoms with Gasteiger partial charge < -0.3 is 9.32 Å². The number of anilines is 2. The number of hydrogen-bond acceptors (Lipinski definition) is 2. The summed E-state index contributed by atoms with van der Waals surface area (Å²) >= 11 is 0. The van der Waals surface area contributed by atoms with Gasteiger partial charge in [-0.3, -0.25) is 0 Å². The third-order valence-corrected chi connectivity index (χ3v) is 4.38. The van der Waals surface area contributed by atoms with Crippen LogP contribution in [0.4, 0.5) is 11.4 Å². The summed E-state index contributed by atoms with van der Waals surface area (Å²) in [6.07, 6.45) is 0. The smallest absolute Gasteiger partial charge is 0.135 e. The standard InChI is InChI=1S/C21H19NO/c1-14-5-4-6-16(11-14)22(3)17-8-10-21-19(13-17)18-12-15(2)7-9-20(18)23-21/h4-13H,1-3H3. The van der Waals surface area contributed by atoms with Crippen molar-refractivity contribution < 1.29 is 4.42 Å². The summed E-state index contributed by atoms with van der Waals surface area (Å²) in [7, 11) is 2.10. The van der Waals surface area contributed by atoms with E-state index in [2.05, 4.69) is 86.5 Å². The van der Waals surface area contributed by atoms with Gasteiger partial charge in [0.25, 0.3) is 0 Å². The molecule has 0 aliphatic rings. The number of hydrogen-bond donors (Lipinski definition) is 0. The fraction of sp³-hybridized carbons (Fsp3) is 0.143. The maximum absolute atomic E-state index is 5.95. The molecule has 0 aliphatic heterocycles. The van der Waals surface area contributed by atoms with E-state index in [4.69, 9.17) is 4.42 Å². The van der Waals surface area contributed by atoms with Gasteiger partial charge in [-0.2, -0.15) is 0 Å². The van der Waals surface area contributed by atoms with Crippen LogP contribution in [0.25, 0.3) is 21.9 Å². The van der Waals surface area contributed by atoms with Crippen molar-refractivity contribution in [2.75, 3.05) is 11.9 Å². The molecule has 0 bridgehead atoms. The molecule has 0 spiro atoms. The lowest BCUT2D eigenvalue weighted by atomic mass is 10.1. The Morgan fingerprint density at radius 2 is 1.35 bits per heavy atom. The van der Waals surface area contributed by atoms with Crippen LogP contribution in [0.3, 0.4) is 0 Å². The predicted octanol–water partition coefficient (Wildman–Crippen LogP) is 5.97. The van der Waals surface area contributed by atoms with Crippen LogP contribution < -0.4 is 4.90 Å². The molecule has 23 heavy (non-hydrogen) atoms. The van der Waals surface area contributed by atoms with Gasteiger partial charge >= 0.3 is 0 Å². The second-order valence-electron chi connectivity index (χ2n) is 6.18. The van der Waals surface area contributed by atoms with Crippen molar-refractivity contribution in [3.8, 4) is 0 Å². The Bertz CT molecular complexity index is 1010. The van der Waals surface area contributed by atoms with E-state index in [1.807, 2.05) is 0 Å². The van der Waals surface area contributed by atoms with Gasteiger partial charge in [0, 0.05) is 29.2 Å². The monoisotopic (exact) mass is 301 g/mol. The molecule has 2 nitrogen and oxygen atoms in total. The second kappa shape index (κ2) is 5.17. The van der Waals surface area contributed by atoms with Crippen molar-refractivity contribution in [2.24, 2.45) is 0 Å². The van der Waals surface area contributed by atoms with Crippen LogP contribution in [-0.4, -0.2) is 7.05 Å². The fourth-order valence-corrected chi connectivity index (χ4v) is 3.07. The highest BCUT2D eigenvalue weighted by Gasteiger charge is 2.10. The molecule has 0 saturated carbocycles. The molecule has 0 aliphatic carbocycles. The largest absolute Gasteiger partial charge is 0.456 e. The number of fused-ring (bicyclic) bond motifs is 3. The van der Waals surface area contributed by atoms with Crippen molar-refractivity contribution in [3.63, 3.8) is 0 Å². The van der Waals surface area contributed by atoms with Gasteiger partial charge in [0.15, 0.2) is 0 Å². The van der Waals surface area contributed by atoms with Crippen molar-refractivity contribution in [1.29, 1.82) is 0 Å². The lowest BCUT2D eigenvalue weighted by molar-refractivity contribution is 0.669. The zero-order valence-electron chi connectivity index (χ0n) is 13.6. The maximum Gasteiger partial charge on any atom is 0.135 e. The Hall–Kier alpha value is -2.74. The van der Waals surface area contributed by atoms with Crippen molar-refractivity contribution in [3.05, 3.63) is 71.8 Å². The zero-order valence-corrected chi connectivity index (χ0v) is 13.6. The van der Waals surface area contributed by atoms with Crippen LogP contribution in [0.15, 0.2) is 65.1 Å². The maximum atomic E-state index is 5.95. The van der Waals surface area contributed by atoms with Crippen molar-refractivity contribution in [2.45, 2.75) is 13.8 Å². The molecule has 0 radical (unpaired) electrons. The zero-order chi connectivity index (χ0) is 16.0. The summed E-state index contributed by atoms with van der Waals surface area (Å²) in [6, 6.07) is 21.3. The van der Waals surface area contributed by atoms with E-state index in [0.717, 1.165) is 16.9 Å². The molecular weight excluding hydrogens is 282 g/mol. The van der Waals surface area contributed by atoms with Gasteiger partial charge in [-0.1, -0.05) is 23.8 Å². The molecule has 1 heterocycles. The Morgan fingerprint density at radius 1 is 0.696 bits per heavy atom. The molecule has 0 saturated heterocycles. The van der Waals surface area contributed by atoms with Crippen LogP contribution >= 0.6 is 0 Å². The van der Waals surface area contributed by atoms with Crippen LogP contribution in [0.2, 0.25) is 0 Å². The van der Waals surface area contributed by atoms with Crippen LogP contribution in [0.1, 0.15) is 11.1 Å². The van der Waals surface area contributed by atoms with Crippen molar-refractivity contribution in [1.82, 2.24) is 0 Å². The first-order valence-electron chi connectivity index (χ1n) is 7.85. The van der Waals surface area contributed by atoms with Gasteiger partial charge in [0.05, 0.1) is 0 Å². The third kappa shape index (κ3) is 2.36. The summed E-state index contributed by atoms with van der Waals surface area (Å²) in [5, 5.41) is 2.35. The van der Waals surface area contributed by atoms with Gasteiger partial charge in [0.2, 0.25) is 0 Å². The number of aryl methyl sites for hydroxylation is 2. The summed E-state index contributed by atoms with van der Waals surface area (Å²) < 4.78 is 5.95. The van der Waals surface area contributed by atoms with Gasteiger partial charge in [-0.15, -0.1) is 0 Å². The Morgan fingerprint density at radius 3 is 2.13 bits per heavy atom. The van der Waals surface area contributed by atoms with E-state index in [0.29, 0.717) is 0 Å². The molecule has 4 rings (SSSR count). The SMILES string of the molecule is Cc1cccc(N(C)c2ccc3oc4ccc(C)cc4c3c2)c1. The van der Waals surface area contributed by atoms with E-state index < -0.39 is 0 Å². The van der Waals surface area contributed by atoms with Gasteiger partial charge in [0.1, 0.15) is 11.2 Å². The first kappa shape index (κ1) is 13.9. The summed E-state index contributed by atoms with van der Waals surface area (Å²) in [4.78, 5) is 2.21. The highest BCUT2D eigenvalue weighted by Crippen LogP contribution is 2.34. The molecule has 0 fully saturated rings. The van der Waals surface area contributed by atoms with Gasteiger partial charge in [-0.05, 0) is 61.9 Å². The normalized spacial score (nSPS) is 11.3. The molecule has 4 aromatic rings. The molecule has 0 N–H and O–H groups in total. The Labute approximate surface area is 136 Å². The average Bonchev–Trinajstić information content (AvgIpc) is 2.91. The predicted molar refractivity (Wildman–Crippen MR) is 97.7 cm³/mol. The van der Waals surface area contributed by atoms with Crippen LogP contribution in [0, 0.1) is 13.8 Å². The number of benzene rings is 3. The quantitative estimate of drug-likeness (QED) is 0.453. The molecule has 0 unspecified atom stereocenters. The molecular formula is C21H19NO. The Kier molecular flexibility index (Phi) is 3.12. The van der Waals surface area contributed by atoms with Crippen LogP contribution in [-0.2, 0) is 0 Å². The average molecular weight is 301 g/mol. The van der Waals surface area contributed by atoms with E-state index >= 15 is 0 Å². The minimum absolute atomic E-state index is 0.937. The molecule has 2 heteroatoms. The highest BCUT2D eigenvalue weighted by molar-refractivity contribution is 6.06. The minimum Gasteiger partial charge on any atom is -0.456 e. The highest BCUT2D eigenvalue weighted by atomic mass is 16.3. The van der Waals surface area contributed by atoms with E-state index in [9.17, 15) is 0 Å². The third-order valence-electron chi connectivity index (χ3n) is 4.38. The molecule has 1 aromatic heterocycles. The lowest BCUT2D eigenvalue weighted by Gasteiger charge is -2.20. The molecule has 0 amide bonds. The number of nitrogens with zero attached hydrogens (tertiary/aromatic N) is 1.